The van der Waals surface area contributed by atoms with Gasteiger partial charge in [0.15, 0.2) is 5.78 Å². The highest BCUT2D eigenvalue weighted by Gasteiger charge is 2.23. The van der Waals surface area contributed by atoms with Crippen LogP contribution in [0.3, 0.4) is 0 Å². The van der Waals surface area contributed by atoms with Crippen LogP contribution in [0.2, 0.25) is 0 Å². The molecule has 1 aromatic rings. The summed E-state index contributed by atoms with van der Waals surface area (Å²) in [5.41, 5.74) is 0. The zero-order valence-electron chi connectivity index (χ0n) is 11.5. The minimum absolute atomic E-state index is 0.271. The van der Waals surface area contributed by atoms with Gasteiger partial charge in [0.05, 0.1) is 11.4 Å². The summed E-state index contributed by atoms with van der Waals surface area (Å²) in [4.78, 5) is 18.8. The van der Waals surface area contributed by atoms with Gasteiger partial charge in [-0.05, 0) is 52.5 Å². The van der Waals surface area contributed by atoms with Gasteiger partial charge in [0.2, 0.25) is 0 Å². The fraction of sp³-hybridized carbons (Fsp3) is 0.643. The van der Waals surface area contributed by atoms with Crippen LogP contribution in [0.4, 0.5) is 0 Å². The van der Waals surface area contributed by atoms with E-state index in [0.717, 1.165) is 18.0 Å². The molecule has 1 aliphatic heterocycles. The summed E-state index contributed by atoms with van der Waals surface area (Å²) in [6.45, 7) is 4.69. The minimum atomic E-state index is 0.271. The molecule has 0 spiro atoms. The van der Waals surface area contributed by atoms with Crippen LogP contribution in [-0.4, -0.2) is 55.4 Å². The zero-order chi connectivity index (χ0) is 13.1. The number of rotatable bonds is 4. The largest absolute Gasteiger partial charge is 0.305 e. The molecule has 0 bridgehead atoms. The molecule has 0 radical (unpaired) electrons. The van der Waals surface area contributed by atoms with Gasteiger partial charge in [0.25, 0.3) is 0 Å². The van der Waals surface area contributed by atoms with Crippen LogP contribution in [0.5, 0.6) is 0 Å². The van der Waals surface area contributed by atoms with E-state index in [1.165, 1.54) is 17.7 Å². The van der Waals surface area contributed by atoms with Crippen LogP contribution in [0.15, 0.2) is 12.1 Å². The van der Waals surface area contributed by atoms with Crippen molar-refractivity contribution < 1.29 is 4.79 Å². The molecular weight excluding hydrogens is 244 g/mol. The van der Waals surface area contributed by atoms with Gasteiger partial charge in [-0.2, -0.15) is 0 Å². The molecule has 1 atom stereocenters. The average Bonchev–Trinajstić information content (AvgIpc) is 2.76. The molecule has 1 saturated heterocycles. The molecule has 2 heterocycles. The number of thiophene rings is 1. The summed E-state index contributed by atoms with van der Waals surface area (Å²) in [6, 6.07) is 4.57. The molecule has 1 aliphatic rings. The lowest BCUT2D eigenvalue weighted by Gasteiger charge is -2.35. The molecule has 0 amide bonds. The number of likely N-dealkylation sites (tertiary alicyclic amines) is 1. The first-order valence-electron chi connectivity index (χ1n) is 6.54. The Kier molecular flexibility index (Phi) is 4.54. The van der Waals surface area contributed by atoms with Gasteiger partial charge in [-0.1, -0.05) is 0 Å². The number of Topliss-reactive ketones (excluding diaryl/α,β-unsaturated/α-hetero) is 1. The van der Waals surface area contributed by atoms with E-state index in [4.69, 9.17) is 0 Å². The Labute approximate surface area is 113 Å². The Bertz CT molecular complexity index is 414. The smallest absolute Gasteiger partial charge is 0.186 e. The minimum Gasteiger partial charge on any atom is -0.305 e. The number of hydrogen-bond acceptors (Lipinski definition) is 4. The first-order chi connectivity index (χ1) is 8.56. The fourth-order valence-corrected chi connectivity index (χ4v) is 3.26. The van der Waals surface area contributed by atoms with Crippen LogP contribution >= 0.6 is 11.3 Å². The van der Waals surface area contributed by atoms with Crippen molar-refractivity contribution in [1.82, 2.24) is 9.80 Å². The Hall–Kier alpha value is -0.710. The van der Waals surface area contributed by atoms with E-state index in [0.29, 0.717) is 12.6 Å². The van der Waals surface area contributed by atoms with E-state index in [9.17, 15) is 4.79 Å². The lowest BCUT2D eigenvalue weighted by atomic mass is 10.0. The Morgan fingerprint density at radius 2 is 2.28 bits per heavy atom. The van der Waals surface area contributed by atoms with E-state index >= 15 is 0 Å². The second-order valence-electron chi connectivity index (χ2n) is 5.33. The Morgan fingerprint density at radius 1 is 1.50 bits per heavy atom. The van der Waals surface area contributed by atoms with Gasteiger partial charge in [-0.15, -0.1) is 11.3 Å². The number of nitrogens with zero attached hydrogens (tertiary/aromatic N) is 2. The summed E-state index contributed by atoms with van der Waals surface area (Å²) in [5.74, 6) is 0.271. The van der Waals surface area contributed by atoms with Gasteiger partial charge in [0, 0.05) is 17.5 Å². The predicted octanol–water partition coefficient (Wildman–Crippen LogP) is 2.27. The van der Waals surface area contributed by atoms with Crippen molar-refractivity contribution >= 4 is 17.1 Å². The predicted molar refractivity (Wildman–Crippen MR) is 76.5 cm³/mol. The maximum absolute atomic E-state index is 12.2. The van der Waals surface area contributed by atoms with E-state index < -0.39 is 0 Å². The molecule has 2 rings (SSSR count). The summed E-state index contributed by atoms with van der Waals surface area (Å²) in [7, 11) is 4.25. The number of ketones is 1. The summed E-state index contributed by atoms with van der Waals surface area (Å²) in [6.07, 6.45) is 2.44. The highest BCUT2D eigenvalue weighted by atomic mass is 32.1. The van der Waals surface area contributed by atoms with Crippen LogP contribution < -0.4 is 0 Å². The van der Waals surface area contributed by atoms with Gasteiger partial charge in [-0.25, -0.2) is 0 Å². The van der Waals surface area contributed by atoms with Crippen molar-refractivity contribution in [2.24, 2.45) is 0 Å². The lowest BCUT2D eigenvalue weighted by molar-refractivity contribution is 0.0856. The number of likely N-dealkylation sites (N-methyl/N-ethyl adjacent to an activating group) is 1. The van der Waals surface area contributed by atoms with Gasteiger partial charge in [0.1, 0.15) is 0 Å². The highest BCUT2D eigenvalue weighted by molar-refractivity contribution is 7.14. The van der Waals surface area contributed by atoms with E-state index in [1.54, 1.807) is 11.3 Å². The van der Waals surface area contributed by atoms with Gasteiger partial charge < -0.3 is 4.90 Å². The first kappa shape index (κ1) is 13.7. The fourth-order valence-electron chi connectivity index (χ4n) is 2.46. The molecule has 1 fully saturated rings. The van der Waals surface area contributed by atoms with Gasteiger partial charge in [-0.3, -0.25) is 9.69 Å². The van der Waals surface area contributed by atoms with Crippen molar-refractivity contribution in [3.63, 3.8) is 0 Å². The molecular formula is C14H22N2OS. The molecule has 0 N–H and O–H groups in total. The number of aryl methyl sites for hydroxylation is 1. The average molecular weight is 266 g/mol. The van der Waals surface area contributed by atoms with Crippen LogP contribution in [0.1, 0.15) is 27.4 Å². The van der Waals surface area contributed by atoms with E-state index in [2.05, 4.69) is 23.9 Å². The van der Waals surface area contributed by atoms with Crippen LogP contribution in [0.25, 0.3) is 0 Å². The molecule has 1 unspecified atom stereocenters. The maximum atomic E-state index is 12.2. The van der Waals surface area contributed by atoms with E-state index in [1.807, 2.05) is 19.1 Å². The normalized spacial score (nSPS) is 21.4. The SMILES string of the molecule is Cc1ccc(C(=O)CN2CCCC(N(C)C)C2)s1. The zero-order valence-corrected chi connectivity index (χ0v) is 12.3. The molecule has 3 nitrogen and oxygen atoms in total. The van der Waals surface area contributed by atoms with Crippen molar-refractivity contribution in [1.29, 1.82) is 0 Å². The van der Waals surface area contributed by atoms with Crippen LogP contribution in [0, 0.1) is 6.92 Å². The van der Waals surface area contributed by atoms with Crippen molar-refractivity contribution in [3.8, 4) is 0 Å². The van der Waals surface area contributed by atoms with Crippen molar-refractivity contribution in [3.05, 3.63) is 21.9 Å². The number of carbonyl (C=O) groups is 1. The summed E-state index contributed by atoms with van der Waals surface area (Å²) >= 11 is 1.60. The van der Waals surface area contributed by atoms with Crippen molar-refractivity contribution in [2.45, 2.75) is 25.8 Å². The standard InChI is InChI=1S/C14H22N2OS/c1-11-6-7-14(18-11)13(17)10-16-8-4-5-12(9-16)15(2)3/h6-7,12H,4-5,8-10H2,1-3H3. The first-order valence-corrected chi connectivity index (χ1v) is 7.36. The molecule has 4 heteroatoms. The summed E-state index contributed by atoms with van der Waals surface area (Å²) in [5, 5.41) is 0. The number of piperidine rings is 1. The van der Waals surface area contributed by atoms with E-state index in [-0.39, 0.29) is 5.78 Å². The Balaban J connectivity index is 1.91. The highest BCUT2D eigenvalue weighted by Crippen LogP contribution is 2.18. The molecule has 0 saturated carbocycles. The molecule has 0 aromatic carbocycles. The Morgan fingerprint density at radius 3 is 2.89 bits per heavy atom. The molecule has 100 valence electrons. The second kappa shape index (κ2) is 5.95. The molecule has 0 aliphatic carbocycles. The number of hydrogen-bond donors (Lipinski definition) is 0. The third kappa shape index (κ3) is 3.40. The maximum Gasteiger partial charge on any atom is 0.186 e. The third-order valence-electron chi connectivity index (χ3n) is 3.59. The third-order valence-corrected chi connectivity index (χ3v) is 4.64. The lowest BCUT2D eigenvalue weighted by Crippen LogP contribution is -2.46. The monoisotopic (exact) mass is 266 g/mol. The van der Waals surface area contributed by atoms with Crippen molar-refractivity contribution in [2.75, 3.05) is 33.7 Å². The molecule has 18 heavy (non-hydrogen) atoms. The second-order valence-corrected chi connectivity index (χ2v) is 6.62. The topological polar surface area (TPSA) is 23.6 Å². The molecule has 1 aromatic heterocycles. The van der Waals surface area contributed by atoms with Gasteiger partial charge >= 0.3 is 0 Å². The van der Waals surface area contributed by atoms with Crippen LogP contribution in [-0.2, 0) is 0 Å². The summed E-state index contributed by atoms with van der Waals surface area (Å²) < 4.78 is 0. The number of carbonyl (C=O) groups excluding carboxylic acids is 1. The quantitative estimate of drug-likeness (QED) is 0.781.